The Morgan fingerprint density at radius 2 is 1.60 bits per heavy atom. The van der Waals surface area contributed by atoms with E-state index in [2.05, 4.69) is 44.0 Å². The summed E-state index contributed by atoms with van der Waals surface area (Å²) in [5, 5.41) is 4.28. The van der Waals surface area contributed by atoms with Crippen molar-refractivity contribution in [1.82, 2.24) is 0 Å². The molecular weight excluding hydrogens is 188 g/mol. The SMILES string of the molecule is CC(C)[CH2][Al+2].C[CH2][Zn][CH2]C.[H-].[H-]. The summed E-state index contributed by atoms with van der Waals surface area (Å²) in [6.45, 7) is 8.99. The van der Waals surface area contributed by atoms with Gasteiger partial charge in [-0.3, -0.25) is 0 Å². The van der Waals surface area contributed by atoms with Gasteiger partial charge in [-0.15, -0.1) is 0 Å². The van der Waals surface area contributed by atoms with Gasteiger partial charge in [0.25, 0.3) is 0 Å². The molecule has 0 aliphatic carbocycles. The third-order valence-corrected chi connectivity index (χ3v) is 5.09. The average Bonchev–Trinajstić information content (AvgIpc) is 1.91. The summed E-state index contributed by atoms with van der Waals surface area (Å²) >= 11 is 2.79. The van der Waals surface area contributed by atoms with E-state index in [1.807, 2.05) is 0 Å². The fraction of sp³-hybridized carbons (Fsp3) is 1.00. The zero-order chi connectivity index (χ0) is 8.41. The molecule has 0 aliphatic rings. The van der Waals surface area contributed by atoms with Crippen LogP contribution in [-0.2, 0) is 17.1 Å². The standard InChI is InChI=1S/C4H9.2C2H5.Al.Zn.2H/c1-4(2)3;2*1-2;;;;/h4H,1H2,2-3H3;2*1H2,2H3;;;;/q;;;+2;;2*-1. The van der Waals surface area contributed by atoms with Crippen LogP contribution < -0.4 is 0 Å². The van der Waals surface area contributed by atoms with Crippen LogP contribution in [0.1, 0.15) is 30.5 Å². The van der Waals surface area contributed by atoms with E-state index in [4.69, 9.17) is 0 Å². The van der Waals surface area contributed by atoms with Crippen molar-refractivity contribution in [2.75, 3.05) is 0 Å². The summed E-state index contributed by atoms with van der Waals surface area (Å²) in [4.78, 5) is 0. The molecule has 0 unspecified atom stereocenters. The van der Waals surface area contributed by atoms with Gasteiger partial charge in [-0.25, -0.2) is 0 Å². The smallest absolute Gasteiger partial charge is 1.00 e. The topological polar surface area (TPSA) is 0 Å². The van der Waals surface area contributed by atoms with Gasteiger partial charge in [0.15, 0.2) is 0 Å². The van der Waals surface area contributed by atoms with Crippen molar-refractivity contribution in [2.24, 2.45) is 5.92 Å². The third-order valence-electron chi connectivity index (χ3n) is 1.18. The molecule has 0 atom stereocenters. The van der Waals surface area contributed by atoms with Crippen molar-refractivity contribution in [3.63, 3.8) is 0 Å². The van der Waals surface area contributed by atoms with Crippen molar-refractivity contribution < 1.29 is 20.0 Å². The summed E-state index contributed by atoms with van der Waals surface area (Å²) in [5.74, 6) is 0.847. The Balaban J connectivity index is -0.0000000457. The van der Waals surface area contributed by atoms with Gasteiger partial charge >= 0.3 is 82.3 Å². The quantitative estimate of drug-likeness (QED) is 0.625. The van der Waals surface area contributed by atoms with Crippen LogP contribution in [-0.4, -0.2) is 16.3 Å². The van der Waals surface area contributed by atoms with Crippen LogP contribution in [0.5, 0.6) is 0 Å². The molecule has 0 bridgehead atoms. The first-order valence-corrected chi connectivity index (χ1v) is 9.40. The van der Waals surface area contributed by atoms with E-state index in [0.29, 0.717) is 0 Å². The Labute approximate surface area is 85.2 Å². The van der Waals surface area contributed by atoms with Crippen LogP contribution in [0.2, 0.25) is 15.3 Å². The molecule has 0 rings (SSSR count). The van der Waals surface area contributed by atoms with Gasteiger partial charge < -0.3 is 2.85 Å². The van der Waals surface area contributed by atoms with Gasteiger partial charge in [-0.2, -0.15) is 0 Å². The molecule has 0 aromatic heterocycles. The first-order chi connectivity index (χ1) is 4.68. The Morgan fingerprint density at radius 1 is 1.30 bits per heavy atom. The minimum absolute atomic E-state index is 0. The van der Waals surface area contributed by atoms with Crippen LogP contribution >= 0.6 is 0 Å². The summed E-state index contributed by atoms with van der Waals surface area (Å²) < 4.78 is 0. The minimum Gasteiger partial charge on any atom is -1.00 e. The van der Waals surface area contributed by atoms with Gasteiger partial charge in [0, 0.05) is 0 Å². The fourth-order valence-corrected chi connectivity index (χ4v) is 1.84. The van der Waals surface area contributed by atoms with Crippen LogP contribution in [0.25, 0.3) is 0 Å². The maximum atomic E-state index is 2.69. The Hall–Kier alpha value is 1.16. The predicted octanol–water partition coefficient (Wildman–Crippen LogP) is 3.40. The van der Waals surface area contributed by atoms with Crippen LogP contribution in [0.15, 0.2) is 0 Å². The average molecular weight is 210 g/mol. The molecule has 0 aliphatic heterocycles. The molecule has 0 amide bonds. The van der Waals surface area contributed by atoms with E-state index in [1.54, 1.807) is 0 Å². The van der Waals surface area contributed by atoms with Crippen LogP contribution in [0, 0.1) is 5.92 Å². The van der Waals surface area contributed by atoms with Crippen LogP contribution in [0.3, 0.4) is 0 Å². The fourth-order valence-electron chi connectivity index (χ4n) is 0.354. The second-order valence-electron chi connectivity index (χ2n) is 2.98. The molecule has 0 saturated carbocycles. The van der Waals surface area contributed by atoms with E-state index in [0.717, 1.165) is 5.92 Å². The van der Waals surface area contributed by atoms with Crippen molar-refractivity contribution >= 4 is 16.3 Å². The van der Waals surface area contributed by atoms with Gasteiger partial charge in [0.2, 0.25) is 0 Å². The molecule has 0 aromatic carbocycles. The van der Waals surface area contributed by atoms with Crippen molar-refractivity contribution in [3.05, 3.63) is 0 Å². The van der Waals surface area contributed by atoms with E-state index >= 15 is 0 Å². The molecule has 0 N–H and O–H groups in total. The van der Waals surface area contributed by atoms with E-state index in [9.17, 15) is 0 Å². The maximum absolute atomic E-state index is 2.69. The molecule has 0 fully saturated rings. The van der Waals surface area contributed by atoms with E-state index < -0.39 is 0 Å². The van der Waals surface area contributed by atoms with Crippen molar-refractivity contribution in [3.8, 4) is 0 Å². The van der Waals surface area contributed by atoms with Gasteiger partial charge in [0.1, 0.15) is 0 Å². The molecule has 0 saturated heterocycles. The normalized spacial score (nSPS) is 8.30. The minimum atomic E-state index is 0. The molecule has 58 valence electrons. The van der Waals surface area contributed by atoms with Gasteiger partial charge in [-0.05, 0) is 0 Å². The molecule has 0 radical (unpaired) electrons. The first-order valence-electron chi connectivity index (χ1n) is 4.39. The molecule has 0 heterocycles. The molecule has 10 heavy (non-hydrogen) atoms. The summed E-state index contributed by atoms with van der Waals surface area (Å²) in [7, 11) is 0. The van der Waals surface area contributed by atoms with Crippen molar-refractivity contribution in [2.45, 2.75) is 43.0 Å². The van der Waals surface area contributed by atoms with Crippen molar-refractivity contribution in [1.29, 1.82) is 0 Å². The largest absolute Gasteiger partial charge is 1.00 e. The Bertz CT molecular complexity index is 52.3. The second-order valence-corrected chi connectivity index (χ2v) is 9.13. The van der Waals surface area contributed by atoms with E-state index in [-0.39, 0.29) is 20.0 Å². The molecule has 2 heteroatoms. The summed E-state index contributed by atoms with van der Waals surface area (Å²) in [6, 6.07) is 0. The Kier molecular flexibility index (Phi) is 17.6. The first kappa shape index (κ1) is 13.7. The number of hydrogen-bond donors (Lipinski definition) is 0. The monoisotopic (exact) mass is 208 g/mol. The zero-order valence-corrected chi connectivity index (χ0v) is 12.1. The van der Waals surface area contributed by atoms with Crippen LogP contribution in [0.4, 0.5) is 0 Å². The summed E-state index contributed by atoms with van der Waals surface area (Å²) in [6.07, 6.45) is 0. The molecular formula is C8H21AlZn. The Morgan fingerprint density at radius 3 is 1.60 bits per heavy atom. The second kappa shape index (κ2) is 12.8. The maximum Gasteiger partial charge on any atom is -1.00 e. The number of hydrogen-bond acceptors (Lipinski definition) is 0. The third kappa shape index (κ3) is 22.9. The molecule has 0 aromatic rings. The van der Waals surface area contributed by atoms with Gasteiger partial charge in [0.05, 0.1) is 0 Å². The predicted molar refractivity (Wildman–Crippen MR) is 48.6 cm³/mol. The molecule has 0 spiro atoms. The zero-order valence-electron chi connectivity index (χ0n) is 9.98. The molecule has 0 nitrogen and oxygen atoms in total. The number of rotatable bonds is 3. The summed E-state index contributed by atoms with van der Waals surface area (Å²) in [5.41, 5.74) is 0. The van der Waals surface area contributed by atoms with E-state index in [1.165, 1.54) is 15.3 Å². The van der Waals surface area contributed by atoms with Gasteiger partial charge in [-0.1, -0.05) is 0 Å².